The molecule has 0 saturated heterocycles. The Morgan fingerprint density at radius 1 is 1.25 bits per heavy atom. The van der Waals surface area contributed by atoms with Gasteiger partial charge in [0.2, 0.25) is 0 Å². The van der Waals surface area contributed by atoms with Crippen LogP contribution in [-0.2, 0) is 6.42 Å². The van der Waals surface area contributed by atoms with E-state index in [1.165, 1.54) is 0 Å². The van der Waals surface area contributed by atoms with Crippen molar-refractivity contribution in [3.63, 3.8) is 0 Å². The molecule has 0 aliphatic rings. The number of hydrogen-bond acceptors (Lipinski definition) is 2. The highest BCUT2D eigenvalue weighted by atomic mass is 35.5. The minimum Gasteiger partial charge on any atom is -0.383 e. The van der Waals surface area contributed by atoms with Crippen molar-refractivity contribution in [1.82, 2.24) is 4.98 Å². The zero-order valence-electron chi connectivity index (χ0n) is 9.07. The second kappa shape index (κ2) is 4.54. The Balaban J connectivity index is 2.31. The second-order valence-corrected chi connectivity index (χ2v) is 4.23. The molecule has 0 saturated carbocycles. The van der Waals surface area contributed by atoms with Crippen LogP contribution in [0.2, 0.25) is 5.02 Å². The predicted molar refractivity (Wildman–Crippen MR) is 67.6 cm³/mol. The third kappa shape index (κ3) is 2.34. The molecule has 2 N–H and O–H groups in total. The van der Waals surface area contributed by atoms with Crippen LogP contribution in [0.4, 0.5) is 5.82 Å². The van der Waals surface area contributed by atoms with Crippen molar-refractivity contribution in [1.29, 1.82) is 0 Å². The van der Waals surface area contributed by atoms with Crippen LogP contribution in [0.5, 0.6) is 0 Å². The van der Waals surface area contributed by atoms with Crippen molar-refractivity contribution in [2.24, 2.45) is 0 Å². The van der Waals surface area contributed by atoms with E-state index in [1.807, 2.05) is 37.3 Å². The highest BCUT2D eigenvalue weighted by molar-refractivity contribution is 6.31. The van der Waals surface area contributed by atoms with Crippen molar-refractivity contribution in [3.05, 3.63) is 58.2 Å². The van der Waals surface area contributed by atoms with Crippen molar-refractivity contribution in [3.8, 4) is 0 Å². The molecule has 0 aliphatic carbocycles. The molecule has 2 rings (SSSR count). The van der Waals surface area contributed by atoms with E-state index >= 15 is 0 Å². The molecule has 0 aliphatic heterocycles. The molecule has 0 atom stereocenters. The van der Waals surface area contributed by atoms with Gasteiger partial charge in [-0.2, -0.15) is 0 Å². The summed E-state index contributed by atoms with van der Waals surface area (Å²) >= 11 is 6.17. The van der Waals surface area contributed by atoms with Gasteiger partial charge >= 0.3 is 0 Å². The van der Waals surface area contributed by atoms with Crippen molar-refractivity contribution < 1.29 is 0 Å². The van der Waals surface area contributed by atoms with Gasteiger partial charge < -0.3 is 5.73 Å². The van der Waals surface area contributed by atoms with Gasteiger partial charge in [-0.3, -0.25) is 0 Å². The number of hydrogen-bond donors (Lipinski definition) is 1. The van der Waals surface area contributed by atoms with Crippen LogP contribution in [0.15, 0.2) is 36.5 Å². The first-order valence-corrected chi connectivity index (χ1v) is 5.49. The Kier molecular flexibility index (Phi) is 3.11. The van der Waals surface area contributed by atoms with Gasteiger partial charge in [-0.05, 0) is 35.7 Å². The molecule has 1 heterocycles. The maximum atomic E-state index is 6.17. The van der Waals surface area contributed by atoms with E-state index in [4.69, 9.17) is 17.3 Å². The van der Waals surface area contributed by atoms with E-state index in [9.17, 15) is 0 Å². The number of aromatic nitrogens is 1. The standard InChI is InChI=1S/C13H13ClN2/c1-9-4-5-10(12(14)7-9)8-11-3-2-6-16-13(11)15/h2-7H,8H2,1H3,(H2,15,16). The van der Waals surface area contributed by atoms with Crippen LogP contribution >= 0.6 is 11.6 Å². The molecule has 3 heteroatoms. The molecule has 2 aromatic rings. The summed E-state index contributed by atoms with van der Waals surface area (Å²) in [5.74, 6) is 0.569. The third-order valence-corrected chi connectivity index (χ3v) is 2.87. The zero-order chi connectivity index (χ0) is 11.5. The van der Waals surface area contributed by atoms with Gasteiger partial charge in [-0.25, -0.2) is 4.98 Å². The molecule has 0 unspecified atom stereocenters. The fraction of sp³-hybridized carbons (Fsp3) is 0.154. The van der Waals surface area contributed by atoms with Gasteiger partial charge in [0.15, 0.2) is 0 Å². The lowest BCUT2D eigenvalue weighted by Gasteiger charge is -2.07. The number of halogens is 1. The lowest BCUT2D eigenvalue weighted by molar-refractivity contribution is 1.15. The van der Waals surface area contributed by atoms with E-state index in [1.54, 1.807) is 6.20 Å². The SMILES string of the molecule is Cc1ccc(Cc2cccnc2N)c(Cl)c1. The molecular formula is C13H13ClN2. The van der Waals surface area contributed by atoms with E-state index in [2.05, 4.69) is 4.98 Å². The van der Waals surface area contributed by atoms with Crippen LogP contribution in [0.1, 0.15) is 16.7 Å². The van der Waals surface area contributed by atoms with E-state index in [-0.39, 0.29) is 0 Å². The van der Waals surface area contributed by atoms with Gasteiger partial charge in [0, 0.05) is 17.6 Å². The Bertz CT molecular complexity index is 509. The molecule has 0 fully saturated rings. The highest BCUT2D eigenvalue weighted by Gasteiger charge is 2.04. The predicted octanol–water partition coefficient (Wildman–Crippen LogP) is 3.22. The lowest BCUT2D eigenvalue weighted by Crippen LogP contribution is -1.98. The summed E-state index contributed by atoms with van der Waals surface area (Å²) in [6.07, 6.45) is 2.41. The van der Waals surface area contributed by atoms with Gasteiger partial charge in [0.1, 0.15) is 5.82 Å². The fourth-order valence-corrected chi connectivity index (χ4v) is 1.90. The minimum absolute atomic E-state index is 0.569. The molecular weight excluding hydrogens is 220 g/mol. The average Bonchev–Trinajstić information content (AvgIpc) is 2.25. The van der Waals surface area contributed by atoms with Crippen LogP contribution in [-0.4, -0.2) is 4.98 Å². The Morgan fingerprint density at radius 3 is 2.75 bits per heavy atom. The first kappa shape index (κ1) is 11.0. The molecule has 0 spiro atoms. The lowest BCUT2D eigenvalue weighted by atomic mass is 10.0. The maximum Gasteiger partial charge on any atom is 0.126 e. The molecule has 16 heavy (non-hydrogen) atoms. The Morgan fingerprint density at radius 2 is 2.06 bits per heavy atom. The van der Waals surface area contributed by atoms with Crippen molar-refractivity contribution >= 4 is 17.4 Å². The monoisotopic (exact) mass is 232 g/mol. The molecule has 1 aromatic heterocycles. The Hall–Kier alpha value is -1.54. The number of rotatable bonds is 2. The van der Waals surface area contributed by atoms with E-state index < -0.39 is 0 Å². The summed E-state index contributed by atoms with van der Waals surface area (Å²) in [5, 5.41) is 0.781. The normalized spacial score (nSPS) is 10.4. The summed E-state index contributed by atoms with van der Waals surface area (Å²) in [7, 11) is 0. The number of nitrogens with zero attached hydrogens (tertiary/aromatic N) is 1. The van der Waals surface area contributed by atoms with Crippen LogP contribution in [0, 0.1) is 6.92 Å². The van der Waals surface area contributed by atoms with Gasteiger partial charge in [-0.1, -0.05) is 29.8 Å². The number of aryl methyl sites for hydroxylation is 1. The number of pyridine rings is 1. The van der Waals surface area contributed by atoms with Crippen molar-refractivity contribution in [2.45, 2.75) is 13.3 Å². The highest BCUT2D eigenvalue weighted by Crippen LogP contribution is 2.22. The molecule has 1 aromatic carbocycles. The first-order valence-electron chi connectivity index (χ1n) is 5.11. The minimum atomic E-state index is 0.569. The topological polar surface area (TPSA) is 38.9 Å². The fourth-order valence-electron chi connectivity index (χ4n) is 1.60. The maximum absolute atomic E-state index is 6.17. The van der Waals surface area contributed by atoms with E-state index in [0.717, 1.165) is 28.1 Å². The molecule has 0 amide bonds. The van der Waals surface area contributed by atoms with Gasteiger partial charge in [0.05, 0.1) is 0 Å². The number of benzene rings is 1. The summed E-state index contributed by atoms with van der Waals surface area (Å²) < 4.78 is 0. The molecule has 82 valence electrons. The molecule has 0 radical (unpaired) electrons. The van der Waals surface area contributed by atoms with Crippen LogP contribution in [0.3, 0.4) is 0 Å². The Labute approximate surface area is 100 Å². The summed E-state index contributed by atoms with van der Waals surface area (Å²) in [4.78, 5) is 4.06. The number of nitrogens with two attached hydrogens (primary N) is 1. The van der Waals surface area contributed by atoms with Crippen molar-refractivity contribution in [2.75, 3.05) is 5.73 Å². The largest absolute Gasteiger partial charge is 0.383 e. The number of nitrogen functional groups attached to an aromatic ring is 1. The van der Waals surface area contributed by atoms with E-state index in [0.29, 0.717) is 5.82 Å². The van der Waals surface area contributed by atoms with Crippen LogP contribution < -0.4 is 5.73 Å². The van der Waals surface area contributed by atoms with Gasteiger partial charge in [0.25, 0.3) is 0 Å². The average molecular weight is 233 g/mol. The first-order chi connectivity index (χ1) is 7.66. The second-order valence-electron chi connectivity index (χ2n) is 3.82. The van der Waals surface area contributed by atoms with Gasteiger partial charge in [-0.15, -0.1) is 0 Å². The van der Waals surface area contributed by atoms with Crippen LogP contribution in [0.25, 0.3) is 0 Å². The molecule has 0 bridgehead atoms. The summed E-state index contributed by atoms with van der Waals surface area (Å²) in [6.45, 7) is 2.02. The smallest absolute Gasteiger partial charge is 0.126 e. The number of anilines is 1. The third-order valence-electron chi connectivity index (χ3n) is 2.52. The molecule has 2 nitrogen and oxygen atoms in total. The summed E-state index contributed by atoms with van der Waals surface area (Å²) in [5.41, 5.74) is 9.04. The zero-order valence-corrected chi connectivity index (χ0v) is 9.83. The summed E-state index contributed by atoms with van der Waals surface area (Å²) in [6, 6.07) is 9.90. The quantitative estimate of drug-likeness (QED) is 0.864.